The molecule has 72 valence electrons. The van der Waals surface area contributed by atoms with Gasteiger partial charge in [-0.05, 0) is 18.6 Å². The molecule has 0 spiro atoms. The SMILES string of the molecule is COCCN(C)c1ccc(C)cn1. The van der Waals surface area contributed by atoms with Crippen LogP contribution in [0.25, 0.3) is 0 Å². The van der Waals surface area contributed by atoms with Gasteiger partial charge in [-0.1, -0.05) is 6.07 Å². The lowest BCUT2D eigenvalue weighted by Crippen LogP contribution is -2.22. The number of aryl methyl sites for hydroxylation is 1. The zero-order chi connectivity index (χ0) is 9.68. The van der Waals surface area contributed by atoms with E-state index >= 15 is 0 Å². The normalized spacial score (nSPS) is 10.1. The van der Waals surface area contributed by atoms with Crippen molar-refractivity contribution in [3.05, 3.63) is 23.9 Å². The highest BCUT2D eigenvalue weighted by Crippen LogP contribution is 2.07. The smallest absolute Gasteiger partial charge is 0.128 e. The van der Waals surface area contributed by atoms with Gasteiger partial charge in [-0.3, -0.25) is 0 Å². The average Bonchev–Trinajstić information content (AvgIpc) is 2.15. The second-order valence-electron chi connectivity index (χ2n) is 3.11. The molecule has 0 saturated heterocycles. The number of nitrogens with zero attached hydrogens (tertiary/aromatic N) is 2. The largest absolute Gasteiger partial charge is 0.383 e. The molecular weight excluding hydrogens is 164 g/mol. The van der Waals surface area contributed by atoms with Crippen LogP contribution in [0, 0.1) is 6.92 Å². The van der Waals surface area contributed by atoms with Gasteiger partial charge in [-0.25, -0.2) is 4.98 Å². The summed E-state index contributed by atoms with van der Waals surface area (Å²) in [7, 11) is 3.72. The van der Waals surface area contributed by atoms with Crippen LogP contribution in [0.5, 0.6) is 0 Å². The summed E-state index contributed by atoms with van der Waals surface area (Å²) < 4.78 is 4.99. The summed E-state index contributed by atoms with van der Waals surface area (Å²) in [4.78, 5) is 6.37. The van der Waals surface area contributed by atoms with E-state index in [0.29, 0.717) is 0 Å². The van der Waals surface area contributed by atoms with Gasteiger partial charge in [0.2, 0.25) is 0 Å². The number of ether oxygens (including phenoxy) is 1. The first kappa shape index (κ1) is 9.99. The zero-order valence-electron chi connectivity index (χ0n) is 8.45. The first-order valence-electron chi connectivity index (χ1n) is 4.37. The van der Waals surface area contributed by atoms with Gasteiger partial charge in [0.1, 0.15) is 5.82 Å². The molecule has 13 heavy (non-hydrogen) atoms. The Morgan fingerprint density at radius 2 is 2.23 bits per heavy atom. The Labute approximate surface area is 79.3 Å². The molecule has 0 atom stereocenters. The summed E-state index contributed by atoms with van der Waals surface area (Å²) in [6.07, 6.45) is 1.87. The van der Waals surface area contributed by atoms with Gasteiger partial charge < -0.3 is 9.64 Å². The predicted molar refractivity (Wildman–Crippen MR) is 54.1 cm³/mol. The topological polar surface area (TPSA) is 25.4 Å². The van der Waals surface area contributed by atoms with Gasteiger partial charge in [0, 0.05) is 26.9 Å². The number of likely N-dealkylation sites (N-methyl/N-ethyl adjacent to an activating group) is 1. The van der Waals surface area contributed by atoms with Crippen LogP contribution in [-0.2, 0) is 4.74 Å². The van der Waals surface area contributed by atoms with Crippen LogP contribution in [0.2, 0.25) is 0 Å². The molecule has 1 aromatic heterocycles. The maximum absolute atomic E-state index is 4.99. The summed E-state index contributed by atoms with van der Waals surface area (Å²) in [5.41, 5.74) is 1.18. The van der Waals surface area contributed by atoms with Crippen molar-refractivity contribution >= 4 is 5.82 Å². The molecule has 0 saturated carbocycles. The first-order valence-corrected chi connectivity index (χ1v) is 4.37. The fourth-order valence-corrected chi connectivity index (χ4v) is 1.03. The number of aromatic nitrogens is 1. The van der Waals surface area contributed by atoms with E-state index in [1.54, 1.807) is 7.11 Å². The van der Waals surface area contributed by atoms with Crippen LogP contribution in [0.15, 0.2) is 18.3 Å². The van der Waals surface area contributed by atoms with E-state index in [-0.39, 0.29) is 0 Å². The second-order valence-corrected chi connectivity index (χ2v) is 3.11. The Morgan fingerprint density at radius 1 is 1.46 bits per heavy atom. The number of rotatable bonds is 4. The summed E-state index contributed by atoms with van der Waals surface area (Å²) >= 11 is 0. The highest BCUT2D eigenvalue weighted by molar-refractivity contribution is 5.37. The second kappa shape index (κ2) is 4.82. The third kappa shape index (κ3) is 3.03. The Hall–Kier alpha value is -1.09. The minimum absolute atomic E-state index is 0.728. The Morgan fingerprint density at radius 3 is 2.77 bits per heavy atom. The van der Waals surface area contributed by atoms with Crippen molar-refractivity contribution < 1.29 is 4.74 Å². The highest BCUT2D eigenvalue weighted by atomic mass is 16.5. The van der Waals surface area contributed by atoms with Gasteiger partial charge >= 0.3 is 0 Å². The fourth-order valence-electron chi connectivity index (χ4n) is 1.03. The molecule has 0 aliphatic rings. The van der Waals surface area contributed by atoms with Crippen molar-refractivity contribution in [1.29, 1.82) is 0 Å². The highest BCUT2D eigenvalue weighted by Gasteiger charge is 1.99. The minimum Gasteiger partial charge on any atom is -0.383 e. The Bertz CT molecular complexity index is 246. The number of anilines is 1. The van der Waals surface area contributed by atoms with Crippen molar-refractivity contribution in [1.82, 2.24) is 4.98 Å². The van der Waals surface area contributed by atoms with E-state index in [0.717, 1.165) is 19.0 Å². The van der Waals surface area contributed by atoms with E-state index in [4.69, 9.17) is 4.74 Å². The van der Waals surface area contributed by atoms with E-state index in [1.807, 2.05) is 26.2 Å². The fraction of sp³-hybridized carbons (Fsp3) is 0.500. The molecule has 0 fully saturated rings. The summed E-state index contributed by atoms with van der Waals surface area (Å²) in [6.45, 7) is 3.63. The van der Waals surface area contributed by atoms with E-state index in [2.05, 4.69) is 16.0 Å². The van der Waals surface area contributed by atoms with Gasteiger partial charge in [-0.2, -0.15) is 0 Å². The van der Waals surface area contributed by atoms with Gasteiger partial charge in [0.15, 0.2) is 0 Å². The quantitative estimate of drug-likeness (QED) is 0.701. The Kier molecular flexibility index (Phi) is 3.71. The number of methoxy groups -OCH3 is 1. The van der Waals surface area contributed by atoms with Crippen LogP contribution in [0.3, 0.4) is 0 Å². The molecule has 0 aliphatic carbocycles. The van der Waals surface area contributed by atoms with Gasteiger partial charge in [0.05, 0.1) is 6.61 Å². The molecule has 1 heterocycles. The zero-order valence-corrected chi connectivity index (χ0v) is 8.45. The standard InChI is InChI=1S/C10H16N2O/c1-9-4-5-10(11-8-9)12(2)6-7-13-3/h4-5,8H,6-7H2,1-3H3. The molecular formula is C10H16N2O. The third-order valence-corrected chi connectivity index (χ3v) is 1.92. The molecule has 3 heteroatoms. The molecule has 1 rings (SSSR count). The van der Waals surface area contributed by atoms with Crippen LogP contribution in [0.1, 0.15) is 5.56 Å². The van der Waals surface area contributed by atoms with Crippen molar-refractivity contribution in [2.75, 3.05) is 32.2 Å². The molecule has 3 nitrogen and oxygen atoms in total. The maximum atomic E-state index is 4.99. The lowest BCUT2D eigenvalue weighted by atomic mass is 10.3. The van der Waals surface area contributed by atoms with Crippen molar-refractivity contribution in [2.45, 2.75) is 6.92 Å². The molecule has 0 unspecified atom stereocenters. The van der Waals surface area contributed by atoms with Crippen LogP contribution in [-0.4, -0.2) is 32.3 Å². The van der Waals surface area contributed by atoms with Gasteiger partial charge in [0.25, 0.3) is 0 Å². The third-order valence-electron chi connectivity index (χ3n) is 1.92. The lowest BCUT2D eigenvalue weighted by Gasteiger charge is -2.17. The average molecular weight is 180 g/mol. The van der Waals surface area contributed by atoms with Crippen LogP contribution < -0.4 is 4.90 Å². The summed E-state index contributed by atoms with van der Waals surface area (Å²) in [5.74, 6) is 0.989. The summed E-state index contributed by atoms with van der Waals surface area (Å²) in [5, 5.41) is 0. The monoisotopic (exact) mass is 180 g/mol. The van der Waals surface area contributed by atoms with E-state index in [9.17, 15) is 0 Å². The van der Waals surface area contributed by atoms with E-state index < -0.39 is 0 Å². The van der Waals surface area contributed by atoms with Gasteiger partial charge in [-0.15, -0.1) is 0 Å². The minimum atomic E-state index is 0.728. The molecule has 0 amide bonds. The van der Waals surface area contributed by atoms with Crippen molar-refractivity contribution in [3.63, 3.8) is 0 Å². The van der Waals surface area contributed by atoms with Crippen LogP contribution in [0.4, 0.5) is 5.82 Å². The predicted octanol–water partition coefficient (Wildman–Crippen LogP) is 1.47. The maximum Gasteiger partial charge on any atom is 0.128 e. The molecule has 0 aromatic carbocycles. The van der Waals surface area contributed by atoms with Crippen molar-refractivity contribution in [3.8, 4) is 0 Å². The summed E-state index contributed by atoms with van der Waals surface area (Å²) in [6, 6.07) is 4.08. The van der Waals surface area contributed by atoms with Crippen molar-refractivity contribution in [2.24, 2.45) is 0 Å². The number of hydrogen-bond acceptors (Lipinski definition) is 3. The number of pyridine rings is 1. The lowest BCUT2D eigenvalue weighted by molar-refractivity contribution is 0.206. The van der Waals surface area contributed by atoms with E-state index in [1.165, 1.54) is 5.56 Å². The molecule has 0 bridgehead atoms. The molecule has 0 aliphatic heterocycles. The van der Waals surface area contributed by atoms with Crippen LogP contribution >= 0.6 is 0 Å². The Balaban J connectivity index is 2.55. The first-order chi connectivity index (χ1) is 6.24. The molecule has 0 N–H and O–H groups in total. The molecule has 0 radical (unpaired) electrons. The molecule has 1 aromatic rings. The number of hydrogen-bond donors (Lipinski definition) is 0.